The molecule has 4 heterocycles. The van der Waals surface area contributed by atoms with Gasteiger partial charge in [0.25, 0.3) is 0 Å². The predicted molar refractivity (Wildman–Crippen MR) is 248 cm³/mol. The highest BCUT2D eigenvalue weighted by Gasteiger charge is 2.44. The van der Waals surface area contributed by atoms with Crippen molar-refractivity contribution in [2.24, 2.45) is 11.8 Å². The van der Waals surface area contributed by atoms with Gasteiger partial charge in [-0.25, -0.2) is 0 Å². The summed E-state index contributed by atoms with van der Waals surface area (Å²) in [5.41, 5.74) is 3.27. The number of carbonyl (C=O) groups is 6. The van der Waals surface area contributed by atoms with Gasteiger partial charge in [0.15, 0.2) is 0 Å². The minimum atomic E-state index is -0.670. The molecule has 2 aromatic rings. The van der Waals surface area contributed by atoms with E-state index >= 15 is 0 Å². The molecule has 16 heteroatoms. The summed E-state index contributed by atoms with van der Waals surface area (Å²) in [5, 5.41) is 18.6. The Balaban J connectivity index is 0.969. The third-order valence-corrected chi connectivity index (χ3v) is 15.3. The van der Waals surface area contributed by atoms with Crippen LogP contribution in [0.4, 0.5) is 0 Å². The number of likely N-dealkylation sites (N-methyl/N-ethyl adjacent to an activating group) is 2. The smallest absolute Gasteiger partial charge is 0.246 e. The zero-order chi connectivity index (χ0) is 46.5. The molecule has 2 aromatic carbocycles. The molecule has 16 nitrogen and oxygen atoms in total. The number of likely N-dealkylation sites (tertiary alicyclic amines) is 2. The highest BCUT2D eigenvalue weighted by atomic mass is 16.5. The quantitative estimate of drug-likeness (QED) is 0.153. The van der Waals surface area contributed by atoms with Crippen LogP contribution in [-0.4, -0.2) is 122 Å². The highest BCUT2D eigenvalue weighted by Crippen LogP contribution is 2.47. The van der Waals surface area contributed by atoms with Crippen molar-refractivity contribution in [2.75, 3.05) is 40.4 Å². The number of ether oxygens (including phenoxy) is 2. The summed E-state index contributed by atoms with van der Waals surface area (Å²) in [7, 11) is 3.43. The molecule has 6 N–H and O–H groups in total. The van der Waals surface area contributed by atoms with E-state index in [1.807, 2.05) is 36.4 Å². The van der Waals surface area contributed by atoms with Crippen molar-refractivity contribution in [3.63, 3.8) is 0 Å². The van der Waals surface area contributed by atoms with E-state index < -0.39 is 36.3 Å². The third-order valence-electron chi connectivity index (χ3n) is 15.3. The first kappa shape index (κ1) is 47.3. The molecule has 8 atom stereocenters. The Morgan fingerprint density at radius 1 is 0.545 bits per heavy atom. The van der Waals surface area contributed by atoms with Gasteiger partial charge in [0.05, 0.1) is 37.4 Å². The normalized spacial score (nSPS) is 24.8. The number of carbonyl (C=O) groups excluding carboxylic acids is 6. The van der Waals surface area contributed by atoms with E-state index in [1.54, 1.807) is 37.7 Å². The van der Waals surface area contributed by atoms with Gasteiger partial charge in [-0.2, -0.15) is 0 Å². The lowest BCUT2D eigenvalue weighted by Gasteiger charge is -2.34. The SMILES string of the molecule is CN[C@@H](C)C(=O)N[C@H](C(=O)N1CCC[C@H]1C(=O)N[C@@H]1CCOc2c(-c3cccc4c3OCC[C@H]4NC(=O)[C@@H]3CCCN3C(=O)[C@@H](NC(=O)[C@H](C)NC)C3CCCC3)cccc21)C1CCCC1. The second-order valence-electron chi connectivity index (χ2n) is 19.3. The molecule has 0 bridgehead atoms. The van der Waals surface area contributed by atoms with Gasteiger partial charge in [-0.3, -0.25) is 28.8 Å². The van der Waals surface area contributed by atoms with Crippen LogP contribution in [0.25, 0.3) is 11.1 Å². The molecule has 6 amide bonds. The topological polar surface area (TPSA) is 200 Å². The van der Waals surface area contributed by atoms with Gasteiger partial charge in [0.2, 0.25) is 35.4 Å². The van der Waals surface area contributed by atoms with Crippen molar-refractivity contribution in [3.8, 4) is 22.6 Å². The molecule has 66 heavy (non-hydrogen) atoms. The monoisotopic (exact) mass is 911 g/mol. The van der Waals surface area contributed by atoms with Crippen molar-refractivity contribution in [3.05, 3.63) is 47.5 Å². The number of hydrogen-bond donors (Lipinski definition) is 6. The fourth-order valence-corrected chi connectivity index (χ4v) is 11.2. The maximum Gasteiger partial charge on any atom is 0.246 e. The summed E-state index contributed by atoms with van der Waals surface area (Å²) < 4.78 is 12.8. The molecule has 6 aliphatic rings. The predicted octanol–water partition coefficient (Wildman–Crippen LogP) is 3.78. The van der Waals surface area contributed by atoms with Gasteiger partial charge < -0.3 is 51.2 Å². The van der Waals surface area contributed by atoms with E-state index in [1.165, 1.54) is 0 Å². The van der Waals surface area contributed by atoms with E-state index in [-0.39, 0.29) is 59.4 Å². The Morgan fingerprint density at radius 2 is 0.939 bits per heavy atom. The summed E-state index contributed by atoms with van der Waals surface area (Å²) >= 11 is 0. The van der Waals surface area contributed by atoms with Gasteiger partial charge in [-0.1, -0.05) is 62.1 Å². The molecule has 0 spiro atoms. The second kappa shape index (κ2) is 21.2. The third kappa shape index (κ3) is 9.90. The summed E-state index contributed by atoms with van der Waals surface area (Å²) in [6.45, 7) is 5.19. The fourth-order valence-electron chi connectivity index (χ4n) is 11.2. The van der Waals surface area contributed by atoms with Crippen molar-refractivity contribution >= 4 is 35.4 Å². The summed E-state index contributed by atoms with van der Waals surface area (Å²) in [5.74, 6) is 0.124. The summed E-state index contributed by atoms with van der Waals surface area (Å²) in [6.07, 6.45) is 11.1. The first-order valence-corrected chi connectivity index (χ1v) is 24.7. The number of benzene rings is 2. The highest BCUT2D eigenvalue weighted by molar-refractivity contribution is 5.95. The molecule has 0 unspecified atom stereocenters. The Kier molecular flexibility index (Phi) is 15.2. The minimum Gasteiger partial charge on any atom is -0.492 e. The van der Waals surface area contributed by atoms with Crippen LogP contribution in [0.3, 0.4) is 0 Å². The molecular formula is C50H70N8O8. The zero-order valence-corrected chi connectivity index (χ0v) is 39.1. The van der Waals surface area contributed by atoms with Crippen LogP contribution in [-0.2, 0) is 28.8 Å². The Hall–Kier alpha value is -5.22. The van der Waals surface area contributed by atoms with E-state index in [0.29, 0.717) is 76.3 Å². The number of para-hydroxylation sites is 2. The summed E-state index contributed by atoms with van der Waals surface area (Å²) in [4.78, 5) is 86.3. The fraction of sp³-hybridized carbons (Fsp3) is 0.640. The largest absolute Gasteiger partial charge is 0.492 e. The maximum absolute atomic E-state index is 14.2. The van der Waals surface area contributed by atoms with E-state index in [2.05, 4.69) is 31.9 Å². The average molecular weight is 911 g/mol. The lowest BCUT2D eigenvalue weighted by atomic mass is 9.90. The zero-order valence-electron chi connectivity index (χ0n) is 39.1. The van der Waals surface area contributed by atoms with Crippen molar-refractivity contribution in [2.45, 2.75) is 152 Å². The lowest BCUT2D eigenvalue weighted by molar-refractivity contribution is -0.143. The Morgan fingerprint density at radius 3 is 1.32 bits per heavy atom. The molecular weight excluding hydrogens is 841 g/mol. The van der Waals surface area contributed by atoms with E-state index in [4.69, 9.17) is 9.47 Å². The summed E-state index contributed by atoms with van der Waals surface area (Å²) in [6, 6.07) is 7.53. The van der Waals surface area contributed by atoms with Crippen LogP contribution in [0.5, 0.6) is 11.5 Å². The number of rotatable bonds is 15. The maximum atomic E-state index is 14.2. The van der Waals surface area contributed by atoms with Gasteiger partial charge in [-0.15, -0.1) is 0 Å². The van der Waals surface area contributed by atoms with Crippen molar-refractivity contribution in [1.82, 2.24) is 41.7 Å². The first-order chi connectivity index (χ1) is 32.0. The van der Waals surface area contributed by atoms with Gasteiger partial charge in [-0.05, 0) is 91.1 Å². The van der Waals surface area contributed by atoms with Crippen LogP contribution in [0.2, 0.25) is 0 Å². The number of nitrogens with one attached hydrogen (secondary N) is 6. The molecule has 0 aromatic heterocycles. The molecule has 2 saturated heterocycles. The second-order valence-corrected chi connectivity index (χ2v) is 19.3. The number of nitrogens with zero attached hydrogens (tertiary/aromatic N) is 2. The molecule has 4 aliphatic heterocycles. The first-order valence-electron chi connectivity index (χ1n) is 24.7. The molecule has 4 fully saturated rings. The number of hydrogen-bond acceptors (Lipinski definition) is 10. The molecule has 8 rings (SSSR count). The average Bonchev–Trinajstić information content (AvgIpc) is 4.20. The molecule has 2 aliphatic carbocycles. The molecule has 0 radical (unpaired) electrons. The van der Waals surface area contributed by atoms with E-state index in [0.717, 1.165) is 73.6 Å². The molecule has 2 saturated carbocycles. The van der Waals surface area contributed by atoms with Crippen molar-refractivity contribution in [1.29, 1.82) is 0 Å². The van der Waals surface area contributed by atoms with Gasteiger partial charge in [0.1, 0.15) is 35.7 Å². The number of fused-ring (bicyclic) bond motifs is 2. The van der Waals surface area contributed by atoms with Crippen LogP contribution >= 0.6 is 0 Å². The van der Waals surface area contributed by atoms with Crippen molar-refractivity contribution < 1.29 is 38.2 Å². The Labute approximate surface area is 388 Å². The van der Waals surface area contributed by atoms with Crippen LogP contribution < -0.4 is 41.4 Å². The number of amides is 6. The molecule has 358 valence electrons. The minimum absolute atomic E-state index is 0.0384. The Bertz CT molecular complexity index is 1970. The lowest BCUT2D eigenvalue weighted by Crippen LogP contribution is -2.57. The van der Waals surface area contributed by atoms with Crippen LogP contribution in [0.1, 0.15) is 127 Å². The van der Waals surface area contributed by atoms with Gasteiger partial charge >= 0.3 is 0 Å². The van der Waals surface area contributed by atoms with Crippen LogP contribution in [0.15, 0.2) is 36.4 Å². The standard InChI is InChI=1S/C50H70N8O8/c1-29(51-3)45(59)55-41(31-13-5-6-14-31)49(63)57-25-11-21-39(57)47(61)53-37-23-27-65-43-33(17-9-19-35(37)43)34-18-10-20-36-38(24-28-66-44(34)36)54-48(62)40-22-12-26-58(40)50(64)42(32-15-7-8-16-32)56-46(60)30(2)52-4/h9-10,17-20,29-32,37-42,51-52H,5-8,11-16,21-28H2,1-4H3,(H,53,61)(H,54,62)(H,55,59)(H,56,60)/t29-,30-,37+,38+,39-,40-,41-,42-/m0/s1. The van der Waals surface area contributed by atoms with E-state index in [9.17, 15) is 28.8 Å². The van der Waals surface area contributed by atoms with Crippen LogP contribution in [0, 0.1) is 11.8 Å². The van der Waals surface area contributed by atoms with Gasteiger partial charge in [0, 0.05) is 48.2 Å².